The molecule has 1 aromatic heterocycles. The molecule has 0 aliphatic heterocycles. The van der Waals surface area contributed by atoms with Crippen molar-refractivity contribution in [2.24, 2.45) is 11.1 Å². The smallest absolute Gasteiger partial charge is 0.230 e. The first-order valence-corrected chi connectivity index (χ1v) is 7.02. The van der Waals surface area contributed by atoms with Gasteiger partial charge in [0.15, 0.2) is 0 Å². The predicted molar refractivity (Wildman–Crippen MR) is 72.7 cm³/mol. The lowest BCUT2D eigenvalue weighted by Crippen LogP contribution is -2.37. The average Bonchev–Trinajstić information content (AvgIpc) is 2.89. The van der Waals surface area contributed by atoms with E-state index in [0.717, 1.165) is 25.7 Å². The molecule has 1 aliphatic rings. The maximum absolute atomic E-state index is 5.77. The number of hydrogen-bond donors (Lipinski definition) is 1. The van der Waals surface area contributed by atoms with Crippen molar-refractivity contribution >= 4 is 0 Å². The van der Waals surface area contributed by atoms with Crippen LogP contribution in [-0.2, 0) is 10.3 Å². The molecule has 19 heavy (non-hydrogen) atoms. The molecule has 5 nitrogen and oxygen atoms in total. The summed E-state index contributed by atoms with van der Waals surface area (Å²) < 4.78 is 11.1. The molecule has 108 valence electrons. The third-order valence-corrected chi connectivity index (χ3v) is 4.43. The fourth-order valence-electron chi connectivity index (χ4n) is 2.57. The minimum absolute atomic E-state index is 0.0928. The van der Waals surface area contributed by atoms with Gasteiger partial charge in [-0.25, -0.2) is 0 Å². The molecule has 1 aliphatic carbocycles. The summed E-state index contributed by atoms with van der Waals surface area (Å²) in [6.45, 7) is 7.09. The highest BCUT2D eigenvalue weighted by Crippen LogP contribution is 2.46. The van der Waals surface area contributed by atoms with E-state index in [1.54, 1.807) is 7.11 Å². The molecule has 1 saturated carbocycles. The summed E-state index contributed by atoms with van der Waals surface area (Å²) in [5.74, 6) is 1.38. The van der Waals surface area contributed by atoms with Crippen LogP contribution < -0.4 is 5.73 Å². The summed E-state index contributed by atoms with van der Waals surface area (Å²) in [4.78, 5) is 4.51. The van der Waals surface area contributed by atoms with Crippen molar-refractivity contribution in [2.45, 2.75) is 58.0 Å². The second-order valence-electron chi connectivity index (χ2n) is 6.46. The van der Waals surface area contributed by atoms with Crippen molar-refractivity contribution < 1.29 is 9.26 Å². The zero-order valence-corrected chi connectivity index (χ0v) is 12.4. The molecule has 2 N–H and O–H groups in total. The quantitative estimate of drug-likeness (QED) is 0.907. The Morgan fingerprint density at radius 1 is 1.32 bits per heavy atom. The van der Waals surface area contributed by atoms with E-state index in [4.69, 9.17) is 15.0 Å². The Morgan fingerprint density at radius 2 is 1.95 bits per heavy atom. The van der Waals surface area contributed by atoms with Crippen molar-refractivity contribution in [1.29, 1.82) is 0 Å². The van der Waals surface area contributed by atoms with Crippen LogP contribution in [0.5, 0.6) is 0 Å². The van der Waals surface area contributed by atoms with Gasteiger partial charge in [-0.1, -0.05) is 25.9 Å². The van der Waals surface area contributed by atoms with E-state index >= 15 is 0 Å². The van der Waals surface area contributed by atoms with Gasteiger partial charge >= 0.3 is 0 Å². The molecule has 2 rings (SSSR count). The Hall–Kier alpha value is -0.940. The highest BCUT2D eigenvalue weighted by molar-refractivity contribution is 5.06. The largest absolute Gasteiger partial charge is 0.370 e. The Bertz CT molecular complexity index is 418. The van der Waals surface area contributed by atoms with Gasteiger partial charge < -0.3 is 15.0 Å². The normalized spacial score (nSPS) is 23.2. The highest BCUT2D eigenvalue weighted by atomic mass is 16.5. The number of aromatic nitrogens is 2. The Morgan fingerprint density at radius 3 is 2.47 bits per heavy atom. The molecule has 1 atom stereocenters. The molecule has 5 heteroatoms. The minimum Gasteiger partial charge on any atom is -0.370 e. The zero-order chi connectivity index (χ0) is 14.1. The number of rotatable bonds is 4. The molecule has 1 fully saturated rings. The van der Waals surface area contributed by atoms with Crippen LogP contribution in [0.4, 0.5) is 0 Å². The lowest BCUT2D eigenvalue weighted by atomic mass is 9.70. The van der Waals surface area contributed by atoms with Gasteiger partial charge in [0.2, 0.25) is 11.7 Å². The molecule has 0 aromatic carbocycles. The topological polar surface area (TPSA) is 74.2 Å². The monoisotopic (exact) mass is 267 g/mol. The van der Waals surface area contributed by atoms with Gasteiger partial charge in [-0.2, -0.15) is 4.98 Å². The van der Waals surface area contributed by atoms with E-state index in [1.165, 1.54) is 0 Å². The number of nitrogens with two attached hydrogens (primary N) is 1. The summed E-state index contributed by atoms with van der Waals surface area (Å²) >= 11 is 0. The van der Waals surface area contributed by atoms with E-state index < -0.39 is 0 Å². The lowest BCUT2D eigenvalue weighted by molar-refractivity contribution is -0.0740. The van der Waals surface area contributed by atoms with Crippen molar-refractivity contribution in [2.75, 3.05) is 13.7 Å². The average molecular weight is 267 g/mol. The van der Waals surface area contributed by atoms with Gasteiger partial charge in [0.25, 0.3) is 0 Å². The minimum atomic E-state index is -0.383. The van der Waals surface area contributed by atoms with E-state index in [-0.39, 0.29) is 11.5 Å². The standard InChI is InChI=1S/C14H25N3O2/c1-10(9-15)11-16-12(17-19-11)14(18-4)7-5-13(2,3)6-8-14/h10H,5-9,15H2,1-4H3. The Balaban J connectivity index is 2.20. The third kappa shape index (κ3) is 2.82. The molecule has 0 saturated heterocycles. The van der Waals surface area contributed by atoms with Crippen molar-refractivity contribution in [3.63, 3.8) is 0 Å². The molecule has 0 spiro atoms. The van der Waals surface area contributed by atoms with E-state index in [9.17, 15) is 0 Å². The van der Waals surface area contributed by atoms with Crippen LogP contribution in [-0.4, -0.2) is 23.8 Å². The van der Waals surface area contributed by atoms with Gasteiger partial charge in [-0.15, -0.1) is 0 Å². The lowest BCUT2D eigenvalue weighted by Gasteiger charge is -2.40. The number of methoxy groups -OCH3 is 1. The zero-order valence-electron chi connectivity index (χ0n) is 12.4. The van der Waals surface area contributed by atoms with Gasteiger partial charge in [-0.3, -0.25) is 0 Å². The Kier molecular flexibility index (Phi) is 3.97. The first-order chi connectivity index (χ1) is 8.92. The van der Waals surface area contributed by atoms with Crippen LogP contribution in [0.2, 0.25) is 0 Å². The van der Waals surface area contributed by atoms with E-state index in [0.29, 0.717) is 23.7 Å². The van der Waals surface area contributed by atoms with Crippen LogP contribution in [0, 0.1) is 5.41 Å². The van der Waals surface area contributed by atoms with Crippen LogP contribution in [0.1, 0.15) is 64.1 Å². The van der Waals surface area contributed by atoms with Gasteiger partial charge in [-0.05, 0) is 31.1 Å². The molecule has 0 amide bonds. The number of hydrogen-bond acceptors (Lipinski definition) is 5. The van der Waals surface area contributed by atoms with Crippen molar-refractivity contribution in [3.05, 3.63) is 11.7 Å². The summed E-state index contributed by atoms with van der Waals surface area (Å²) in [6.07, 6.45) is 4.09. The fourth-order valence-corrected chi connectivity index (χ4v) is 2.57. The maximum atomic E-state index is 5.77. The van der Waals surface area contributed by atoms with E-state index in [2.05, 4.69) is 24.0 Å². The Labute approximate surface area is 114 Å². The molecule has 1 unspecified atom stereocenters. The van der Waals surface area contributed by atoms with Crippen LogP contribution in [0.3, 0.4) is 0 Å². The van der Waals surface area contributed by atoms with Crippen LogP contribution in [0.15, 0.2) is 4.52 Å². The fraction of sp³-hybridized carbons (Fsp3) is 0.857. The number of nitrogens with zero attached hydrogens (tertiary/aromatic N) is 2. The SMILES string of the molecule is COC1(c2noc(C(C)CN)n2)CCC(C)(C)CC1. The van der Waals surface area contributed by atoms with Crippen LogP contribution in [0.25, 0.3) is 0 Å². The van der Waals surface area contributed by atoms with Gasteiger partial charge in [0.05, 0.1) is 0 Å². The summed E-state index contributed by atoms with van der Waals surface area (Å²) in [7, 11) is 1.74. The number of ether oxygens (including phenoxy) is 1. The molecule has 1 aromatic rings. The highest BCUT2D eigenvalue weighted by Gasteiger charge is 2.43. The molecule has 1 heterocycles. The van der Waals surface area contributed by atoms with E-state index in [1.807, 2.05) is 6.92 Å². The second-order valence-corrected chi connectivity index (χ2v) is 6.46. The van der Waals surface area contributed by atoms with Crippen molar-refractivity contribution in [3.8, 4) is 0 Å². The second kappa shape index (κ2) is 5.21. The maximum Gasteiger partial charge on any atom is 0.230 e. The summed E-state index contributed by atoms with van der Waals surface area (Å²) in [6, 6.07) is 0. The molecular weight excluding hydrogens is 242 g/mol. The summed E-state index contributed by atoms with van der Waals surface area (Å²) in [5, 5.41) is 4.13. The molecule has 0 bridgehead atoms. The molecular formula is C14H25N3O2. The first kappa shape index (κ1) is 14.5. The van der Waals surface area contributed by atoms with Crippen LogP contribution >= 0.6 is 0 Å². The summed E-state index contributed by atoms with van der Waals surface area (Å²) in [5.41, 5.74) is 5.62. The third-order valence-electron chi connectivity index (χ3n) is 4.43. The molecule has 0 radical (unpaired) electrons. The first-order valence-electron chi connectivity index (χ1n) is 7.02. The van der Waals surface area contributed by atoms with Gasteiger partial charge in [0.1, 0.15) is 5.60 Å². The predicted octanol–water partition coefficient (Wildman–Crippen LogP) is 2.57. The van der Waals surface area contributed by atoms with Gasteiger partial charge in [0, 0.05) is 19.6 Å². The van der Waals surface area contributed by atoms with Crippen molar-refractivity contribution in [1.82, 2.24) is 10.1 Å².